The molecule has 2 rings (SSSR count). The fourth-order valence-electron chi connectivity index (χ4n) is 1.76. The predicted molar refractivity (Wildman–Crippen MR) is 45.3 cm³/mol. The van der Waals surface area contributed by atoms with Gasteiger partial charge in [-0.1, -0.05) is 0 Å². The van der Waals surface area contributed by atoms with E-state index in [0.29, 0.717) is 0 Å². The molecular formula is C8H12N2O4. The van der Waals surface area contributed by atoms with Crippen molar-refractivity contribution in [2.45, 2.75) is 24.4 Å². The Bertz CT molecular complexity index is 327. The molecule has 0 saturated heterocycles. The molecule has 0 radical (unpaired) electrons. The van der Waals surface area contributed by atoms with Crippen molar-refractivity contribution in [3.8, 4) is 0 Å². The molecule has 6 heteroatoms. The van der Waals surface area contributed by atoms with Crippen LogP contribution in [0.1, 0.15) is 18.0 Å². The SMILES string of the molecule is OC[C@H]1[C@@H](O)[C@H](O)[C@H](O)c2nccn21. The van der Waals surface area contributed by atoms with Crippen LogP contribution in [0.25, 0.3) is 0 Å². The van der Waals surface area contributed by atoms with Crippen molar-refractivity contribution in [1.82, 2.24) is 9.55 Å². The summed E-state index contributed by atoms with van der Waals surface area (Å²) in [7, 11) is 0. The molecule has 0 unspecified atom stereocenters. The smallest absolute Gasteiger partial charge is 0.140 e. The molecule has 1 aromatic heterocycles. The van der Waals surface area contributed by atoms with E-state index in [2.05, 4.69) is 4.98 Å². The quantitative estimate of drug-likeness (QED) is 0.428. The average molecular weight is 200 g/mol. The van der Waals surface area contributed by atoms with Gasteiger partial charge in [0.25, 0.3) is 0 Å². The maximum absolute atomic E-state index is 9.55. The Kier molecular flexibility index (Phi) is 2.28. The average Bonchev–Trinajstić information content (AvgIpc) is 2.64. The van der Waals surface area contributed by atoms with Crippen molar-refractivity contribution in [2.24, 2.45) is 0 Å². The van der Waals surface area contributed by atoms with E-state index >= 15 is 0 Å². The first-order valence-electron chi connectivity index (χ1n) is 4.34. The Labute approximate surface area is 80.1 Å². The number of hydrogen-bond acceptors (Lipinski definition) is 5. The van der Waals surface area contributed by atoms with Gasteiger partial charge in [-0.3, -0.25) is 0 Å². The summed E-state index contributed by atoms with van der Waals surface area (Å²) < 4.78 is 1.47. The molecule has 78 valence electrons. The zero-order valence-electron chi connectivity index (χ0n) is 7.35. The van der Waals surface area contributed by atoms with E-state index in [1.54, 1.807) is 6.20 Å². The third-order valence-electron chi connectivity index (χ3n) is 2.58. The lowest BCUT2D eigenvalue weighted by molar-refractivity contribution is -0.108. The van der Waals surface area contributed by atoms with E-state index in [-0.39, 0.29) is 12.4 Å². The summed E-state index contributed by atoms with van der Waals surface area (Å²) in [5.41, 5.74) is 0. The lowest BCUT2D eigenvalue weighted by Crippen LogP contribution is -2.46. The van der Waals surface area contributed by atoms with Crippen molar-refractivity contribution in [3.63, 3.8) is 0 Å². The summed E-state index contributed by atoms with van der Waals surface area (Å²) in [4.78, 5) is 3.85. The van der Waals surface area contributed by atoms with E-state index in [4.69, 9.17) is 5.11 Å². The Morgan fingerprint density at radius 3 is 2.64 bits per heavy atom. The van der Waals surface area contributed by atoms with E-state index in [1.165, 1.54) is 10.8 Å². The molecule has 2 heterocycles. The summed E-state index contributed by atoms with van der Waals surface area (Å²) in [6.07, 6.45) is -0.693. The van der Waals surface area contributed by atoms with Crippen LogP contribution in [0, 0.1) is 0 Å². The first-order chi connectivity index (χ1) is 6.66. The molecule has 0 amide bonds. The molecule has 0 aliphatic carbocycles. The van der Waals surface area contributed by atoms with Gasteiger partial charge in [-0.15, -0.1) is 0 Å². The van der Waals surface area contributed by atoms with E-state index in [0.717, 1.165) is 0 Å². The zero-order chi connectivity index (χ0) is 10.3. The second-order valence-corrected chi connectivity index (χ2v) is 3.37. The molecule has 14 heavy (non-hydrogen) atoms. The molecule has 0 aromatic carbocycles. The number of aromatic nitrogens is 2. The van der Waals surface area contributed by atoms with Gasteiger partial charge in [0.15, 0.2) is 0 Å². The van der Waals surface area contributed by atoms with E-state index in [1.807, 2.05) is 0 Å². The molecule has 0 saturated carbocycles. The second-order valence-electron chi connectivity index (χ2n) is 3.37. The van der Waals surface area contributed by atoms with Crippen LogP contribution in [0.3, 0.4) is 0 Å². The first-order valence-corrected chi connectivity index (χ1v) is 4.34. The number of hydrogen-bond donors (Lipinski definition) is 4. The Balaban J connectivity index is 2.44. The molecule has 1 aliphatic rings. The topological polar surface area (TPSA) is 98.7 Å². The summed E-state index contributed by atoms with van der Waals surface area (Å²) in [5.74, 6) is 0.266. The van der Waals surface area contributed by atoms with Crippen LogP contribution in [0.15, 0.2) is 12.4 Å². The van der Waals surface area contributed by atoms with Crippen molar-refractivity contribution < 1.29 is 20.4 Å². The maximum Gasteiger partial charge on any atom is 0.140 e. The first kappa shape index (κ1) is 9.60. The Morgan fingerprint density at radius 1 is 1.29 bits per heavy atom. The fourth-order valence-corrected chi connectivity index (χ4v) is 1.76. The van der Waals surface area contributed by atoms with Gasteiger partial charge < -0.3 is 25.0 Å². The number of imidazole rings is 1. The van der Waals surface area contributed by atoms with Crippen LogP contribution >= 0.6 is 0 Å². The van der Waals surface area contributed by atoms with Gasteiger partial charge in [-0.25, -0.2) is 4.98 Å². The number of nitrogens with zero attached hydrogens (tertiary/aromatic N) is 2. The van der Waals surface area contributed by atoms with Gasteiger partial charge >= 0.3 is 0 Å². The molecule has 4 atom stereocenters. The monoisotopic (exact) mass is 200 g/mol. The molecule has 4 N–H and O–H groups in total. The summed E-state index contributed by atoms with van der Waals surface area (Å²) in [5, 5.41) is 37.6. The largest absolute Gasteiger partial charge is 0.394 e. The van der Waals surface area contributed by atoms with Crippen LogP contribution in [-0.4, -0.2) is 48.8 Å². The van der Waals surface area contributed by atoms with Crippen LogP contribution in [0.5, 0.6) is 0 Å². The Hall–Kier alpha value is -0.950. The molecule has 0 spiro atoms. The second kappa shape index (κ2) is 3.32. The third-order valence-corrected chi connectivity index (χ3v) is 2.58. The maximum atomic E-state index is 9.55. The minimum Gasteiger partial charge on any atom is -0.394 e. The number of aliphatic hydroxyl groups excluding tert-OH is 4. The lowest BCUT2D eigenvalue weighted by Gasteiger charge is -2.35. The number of fused-ring (bicyclic) bond motifs is 1. The van der Waals surface area contributed by atoms with Crippen LogP contribution in [0.2, 0.25) is 0 Å². The molecule has 6 nitrogen and oxygen atoms in total. The summed E-state index contributed by atoms with van der Waals surface area (Å²) in [6, 6.07) is -0.647. The number of aliphatic hydroxyl groups is 4. The lowest BCUT2D eigenvalue weighted by atomic mass is 9.96. The van der Waals surface area contributed by atoms with Crippen molar-refractivity contribution in [3.05, 3.63) is 18.2 Å². The van der Waals surface area contributed by atoms with Gasteiger partial charge in [0.2, 0.25) is 0 Å². The van der Waals surface area contributed by atoms with Gasteiger partial charge in [-0.2, -0.15) is 0 Å². The van der Waals surface area contributed by atoms with E-state index in [9.17, 15) is 15.3 Å². The Morgan fingerprint density at radius 2 is 2.00 bits per heavy atom. The molecular weight excluding hydrogens is 188 g/mol. The number of rotatable bonds is 1. The van der Waals surface area contributed by atoms with Gasteiger partial charge in [0.05, 0.1) is 12.6 Å². The van der Waals surface area contributed by atoms with Gasteiger partial charge in [0.1, 0.15) is 24.1 Å². The minimum absolute atomic E-state index is 0.266. The van der Waals surface area contributed by atoms with Crippen molar-refractivity contribution in [1.29, 1.82) is 0 Å². The van der Waals surface area contributed by atoms with Gasteiger partial charge in [0, 0.05) is 12.4 Å². The van der Waals surface area contributed by atoms with Crippen molar-refractivity contribution >= 4 is 0 Å². The normalized spacial score (nSPS) is 36.9. The van der Waals surface area contributed by atoms with Crippen LogP contribution in [-0.2, 0) is 0 Å². The molecule has 1 aliphatic heterocycles. The molecule has 0 fully saturated rings. The zero-order valence-corrected chi connectivity index (χ0v) is 7.35. The highest BCUT2D eigenvalue weighted by atomic mass is 16.4. The van der Waals surface area contributed by atoms with Crippen molar-refractivity contribution in [2.75, 3.05) is 6.61 Å². The van der Waals surface area contributed by atoms with Gasteiger partial charge in [-0.05, 0) is 0 Å². The molecule has 0 bridgehead atoms. The fraction of sp³-hybridized carbons (Fsp3) is 0.625. The van der Waals surface area contributed by atoms with Crippen LogP contribution in [0.4, 0.5) is 0 Å². The highest BCUT2D eigenvalue weighted by molar-refractivity contribution is 5.08. The third kappa shape index (κ3) is 1.16. The highest BCUT2D eigenvalue weighted by Crippen LogP contribution is 2.30. The predicted octanol–water partition coefficient (Wildman–Crippen LogP) is -1.81. The molecule has 1 aromatic rings. The highest BCUT2D eigenvalue weighted by Gasteiger charge is 2.40. The summed E-state index contributed by atoms with van der Waals surface area (Å²) in [6.45, 7) is -0.311. The van der Waals surface area contributed by atoms with E-state index < -0.39 is 24.4 Å². The standard InChI is InChI=1S/C8H12N2O4/c11-3-4-5(12)6(13)7(14)8-9-1-2-10(4)8/h1-2,4-7,11-14H,3H2/t4-,5+,6-,7-/m0/s1. The minimum atomic E-state index is -1.30. The van der Waals surface area contributed by atoms with Crippen LogP contribution < -0.4 is 0 Å². The summed E-state index contributed by atoms with van der Waals surface area (Å²) >= 11 is 0.